The number of nitro benzene ring substituents is 1. The molecule has 0 spiro atoms. The van der Waals surface area contributed by atoms with E-state index in [0.717, 1.165) is 11.1 Å². The molecule has 1 atom stereocenters. The van der Waals surface area contributed by atoms with Gasteiger partial charge in [0.05, 0.1) is 4.92 Å². The smallest absolute Gasteiger partial charge is 0.292 e. The third-order valence-electron chi connectivity index (χ3n) is 4.48. The molecule has 0 unspecified atom stereocenters. The fraction of sp³-hybridized carbons (Fsp3) is 0.211. The minimum absolute atomic E-state index is 0.00744. The molecule has 1 N–H and O–H groups in total. The topological polar surface area (TPSA) is 75.5 Å². The molecule has 128 valence electrons. The van der Waals surface area contributed by atoms with E-state index in [4.69, 9.17) is 0 Å². The van der Waals surface area contributed by atoms with Gasteiger partial charge in [-0.05, 0) is 31.1 Å². The van der Waals surface area contributed by atoms with Gasteiger partial charge in [0.25, 0.3) is 11.6 Å². The standard InChI is InChI=1S/C19H19N3O3/c1-13-14(2)19(23)21(12-15-8-4-3-5-9-15)18(13)20-16-10-6-7-11-17(16)22(24)25/h3-11,18,20H,12H2,1-2H3/t18-/m1/s1. The van der Waals surface area contributed by atoms with Crippen molar-refractivity contribution in [2.45, 2.75) is 26.6 Å². The van der Waals surface area contributed by atoms with Gasteiger partial charge in [0.15, 0.2) is 0 Å². The van der Waals surface area contributed by atoms with Crippen LogP contribution in [0.25, 0.3) is 0 Å². The Bertz CT molecular complexity index is 846. The van der Waals surface area contributed by atoms with Crippen LogP contribution in [0.2, 0.25) is 0 Å². The van der Waals surface area contributed by atoms with Crippen molar-refractivity contribution in [1.29, 1.82) is 0 Å². The number of para-hydroxylation sites is 2. The number of anilines is 1. The number of carbonyl (C=O) groups is 1. The Kier molecular flexibility index (Phi) is 4.52. The lowest BCUT2D eigenvalue weighted by molar-refractivity contribution is -0.384. The minimum atomic E-state index is -0.424. The van der Waals surface area contributed by atoms with Crippen LogP contribution in [0.1, 0.15) is 19.4 Å². The van der Waals surface area contributed by atoms with Gasteiger partial charge in [0, 0.05) is 18.2 Å². The molecule has 0 bridgehead atoms. The van der Waals surface area contributed by atoms with E-state index in [2.05, 4.69) is 5.32 Å². The molecule has 3 rings (SSSR count). The number of amides is 1. The SMILES string of the molecule is CC1=C(C)[C@H](Nc2ccccc2[N+](=O)[O-])N(Cc2ccccc2)C1=O. The summed E-state index contributed by atoms with van der Waals surface area (Å²) >= 11 is 0. The maximum absolute atomic E-state index is 12.6. The third kappa shape index (κ3) is 3.24. The lowest BCUT2D eigenvalue weighted by Crippen LogP contribution is -2.40. The summed E-state index contributed by atoms with van der Waals surface area (Å²) in [6, 6.07) is 16.2. The highest BCUT2D eigenvalue weighted by Crippen LogP contribution is 2.31. The molecular weight excluding hydrogens is 318 g/mol. The van der Waals surface area contributed by atoms with Crippen LogP contribution in [0.4, 0.5) is 11.4 Å². The summed E-state index contributed by atoms with van der Waals surface area (Å²) in [4.78, 5) is 25.2. The molecule has 6 heteroatoms. The monoisotopic (exact) mass is 337 g/mol. The Morgan fingerprint density at radius 1 is 1.08 bits per heavy atom. The first-order chi connectivity index (χ1) is 12.0. The summed E-state index contributed by atoms with van der Waals surface area (Å²) < 4.78 is 0. The van der Waals surface area contributed by atoms with Gasteiger partial charge in [0.2, 0.25) is 0 Å². The number of nitrogens with one attached hydrogen (secondary N) is 1. The minimum Gasteiger partial charge on any atom is -0.356 e. The van der Waals surface area contributed by atoms with Crippen LogP contribution in [0, 0.1) is 10.1 Å². The highest BCUT2D eigenvalue weighted by molar-refractivity contribution is 5.97. The number of hydrogen-bond donors (Lipinski definition) is 1. The van der Waals surface area contributed by atoms with Gasteiger partial charge in [0.1, 0.15) is 11.9 Å². The third-order valence-corrected chi connectivity index (χ3v) is 4.48. The Hall–Kier alpha value is -3.15. The summed E-state index contributed by atoms with van der Waals surface area (Å²) in [6.07, 6.45) is -0.409. The first-order valence-electron chi connectivity index (χ1n) is 8.01. The van der Waals surface area contributed by atoms with Crippen LogP contribution in [-0.2, 0) is 11.3 Å². The molecular formula is C19H19N3O3. The van der Waals surface area contributed by atoms with E-state index in [-0.39, 0.29) is 11.6 Å². The van der Waals surface area contributed by atoms with Crippen molar-refractivity contribution < 1.29 is 9.72 Å². The lowest BCUT2D eigenvalue weighted by atomic mass is 10.1. The van der Waals surface area contributed by atoms with E-state index >= 15 is 0 Å². The number of carbonyl (C=O) groups excluding carboxylic acids is 1. The van der Waals surface area contributed by atoms with Crippen molar-refractivity contribution in [3.8, 4) is 0 Å². The predicted octanol–water partition coefficient (Wildman–Crippen LogP) is 3.71. The van der Waals surface area contributed by atoms with E-state index in [1.54, 1.807) is 30.0 Å². The second-order valence-electron chi connectivity index (χ2n) is 6.05. The van der Waals surface area contributed by atoms with Gasteiger partial charge in [-0.2, -0.15) is 0 Å². The first kappa shape index (κ1) is 16.7. The number of benzene rings is 2. The van der Waals surface area contributed by atoms with Gasteiger partial charge >= 0.3 is 0 Å². The van der Waals surface area contributed by atoms with Crippen LogP contribution < -0.4 is 5.32 Å². The highest BCUT2D eigenvalue weighted by atomic mass is 16.6. The van der Waals surface area contributed by atoms with Crippen molar-refractivity contribution >= 4 is 17.3 Å². The molecule has 1 aliphatic heterocycles. The number of rotatable bonds is 5. The number of nitro groups is 1. The molecule has 1 aliphatic rings. The van der Waals surface area contributed by atoms with Crippen LogP contribution >= 0.6 is 0 Å². The molecule has 1 amide bonds. The Morgan fingerprint density at radius 3 is 2.40 bits per heavy atom. The molecule has 2 aromatic carbocycles. The first-order valence-corrected chi connectivity index (χ1v) is 8.01. The maximum atomic E-state index is 12.6. The van der Waals surface area contributed by atoms with Gasteiger partial charge in [-0.25, -0.2) is 0 Å². The van der Waals surface area contributed by atoms with Crippen molar-refractivity contribution in [2.75, 3.05) is 5.32 Å². The molecule has 25 heavy (non-hydrogen) atoms. The van der Waals surface area contributed by atoms with Gasteiger partial charge in [-0.3, -0.25) is 14.9 Å². The fourth-order valence-corrected chi connectivity index (χ4v) is 2.97. The van der Waals surface area contributed by atoms with Crippen molar-refractivity contribution in [2.24, 2.45) is 0 Å². The van der Waals surface area contributed by atoms with Crippen molar-refractivity contribution in [1.82, 2.24) is 4.90 Å². The van der Waals surface area contributed by atoms with E-state index in [9.17, 15) is 14.9 Å². The van der Waals surface area contributed by atoms with E-state index < -0.39 is 11.1 Å². The molecule has 0 aliphatic carbocycles. The van der Waals surface area contributed by atoms with Gasteiger partial charge < -0.3 is 10.2 Å². The van der Waals surface area contributed by atoms with Crippen molar-refractivity contribution in [3.05, 3.63) is 81.4 Å². The van der Waals surface area contributed by atoms with E-state index in [0.29, 0.717) is 17.8 Å². The maximum Gasteiger partial charge on any atom is 0.292 e. The summed E-state index contributed by atoms with van der Waals surface area (Å²) in [5.74, 6) is -0.0579. The molecule has 6 nitrogen and oxygen atoms in total. The van der Waals surface area contributed by atoms with Crippen LogP contribution in [0.5, 0.6) is 0 Å². The molecule has 2 aromatic rings. The largest absolute Gasteiger partial charge is 0.356 e. The molecule has 0 saturated carbocycles. The zero-order valence-electron chi connectivity index (χ0n) is 14.1. The molecule has 0 fully saturated rings. The highest BCUT2D eigenvalue weighted by Gasteiger charge is 2.35. The second kappa shape index (κ2) is 6.76. The number of nitrogens with zero attached hydrogens (tertiary/aromatic N) is 2. The normalized spacial score (nSPS) is 17.1. The molecule has 0 radical (unpaired) electrons. The molecule has 0 aromatic heterocycles. The van der Waals surface area contributed by atoms with E-state index in [1.807, 2.05) is 37.3 Å². The quantitative estimate of drug-likeness (QED) is 0.666. The molecule has 0 saturated heterocycles. The van der Waals surface area contributed by atoms with Crippen molar-refractivity contribution in [3.63, 3.8) is 0 Å². The number of hydrogen-bond acceptors (Lipinski definition) is 4. The van der Waals surface area contributed by atoms with Crippen LogP contribution in [0.3, 0.4) is 0 Å². The zero-order valence-corrected chi connectivity index (χ0v) is 14.1. The summed E-state index contributed by atoms with van der Waals surface area (Å²) in [7, 11) is 0. The summed E-state index contributed by atoms with van der Waals surface area (Å²) in [5.41, 5.74) is 2.95. The summed E-state index contributed by atoms with van der Waals surface area (Å²) in [5, 5.41) is 14.4. The second-order valence-corrected chi connectivity index (χ2v) is 6.05. The van der Waals surface area contributed by atoms with Crippen LogP contribution in [-0.4, -0.2) is 21.9 Å². The van der Waals surface area contributed by atoms with Crippen LogP contribution in [0.15, 0.2) is 65.7 Å². The summed E-state index contributed by atoms with van der Waals surface area (Å²) in [6.45, 7) is 4.11. The van der Waals surface area contributed by atoms with Gasteiger partial charge in [-0.15, -0.1) is 0 Å². The average molecular weight is 337 g/mol. The lowest BCUT2D eigenvalue weighted by Gasteiger charge is -2.28. The van der Waals surface area contributed by atoms with Gasteiger partial charge in [-0.1, -0.05) is 42.5 Å². The zero-order chi connectivity index (χ0) is 18.0. The average Bonchev–Trinajstić information content (AvgIpc) is 2.81. The van der Waals surface area contributed by atoms with E-state index in [1.165, 1.54) is 6.07 Å². The Morgan fingerprint density at radius 2 is 1.72 bits per heavy atom. The molecule has 1 heterocycles. The fourth-order valence-electron chi connectivity index (χ4n) is 2.97. The Labute approximate surface area is 145 Å². The predicted molar refractivity (Wildman–Crippen MR) is 95.9 cm³/mol. The Balaban J connectivity index is 1.92.